The summed E-state index contributed by atoms with van der Waals surface area (Å²) in [6.07, 6.45) is 1.30. The first-order valence-corrected chi connectivity index (χ1v) is 5.63. The van der Waals surface area contributed by atoms with Gasteiger partial charge < -0.3 is 11.1 Å². The zero-order chi connectivity index (χ0) is 13.1. The third-order valence-electron chi connectivity index (χ3n) is 2.17. The van der Waals surface area contributed by atoms with Crippen molar-refractivity contribution in [1.82, 2.24) is 9.97 Å². The van der Waals surface area contributed by atoms with Crippen LogP contribution in [0.1, 0.15) is 5.56 Å². The monoisotopic (exact) mass is 307 g/mol. The minimum absolute atomic E-state index is 0.0434. The molecule has 0 atom stereocenters. The third-order valence-corrected chi connectivity index (χ3v) is 2.95. The summed E-state index contributed by atoms with van der Waals surface area (Å²) in [4.78, 5) is 7.78. The number of nitrogens with two attached hydrogens (primary N) is 1. The van der Waals surface area contributed by atoms with E-state index in [-0.39, 0.29) is 11.4 Å². The molecule has 7 heteroatoms. The van der Waals surface area contributed by atoms with Gasteiger partial charge in [-0.15, -0.1) is 0 Å². The number of nitrogens with one attached hydrogen (secondary N) is 1. The molecular weight excluding hydrogens is 301 g/mol. The lowest BCUT2D eigenvalue weighted by molar-refractivity contribution is 0.624. The summed E-state index contributed by atoms with van der Waals surface area (Å²) in [5.74, 6) is 0.164. The van der Waals surface area contributed by atoms with Gasteiger partial charge in [-0.3, -0.25) is 0 Å². The number of hydrogen-bond donors (Lipinski definition) is 2. The molecule has 5 nitrogen and oxygen atoms in total. The fourth-order valence-electron chi connectivity index (χ4n) is 1.30. The zero-order valence-corrected chi connectivity index (χ0v) is 10.6. The van der Waals surface area contributed by atoms with Crippen LogP contribution in [-0.4, -0.2) is 9.97 Å². The Hall–Kier alpha value is -2.20. The van der Waals surface area contributed by atoms with Crippen LogP contribution in [0, 0.1) is 17.1 Å². The number of aromatic nitrogens is 2. The van der Waals surface area contributed by atoms with Crippen molar-refractivity contribution in [2.45, 2.75) is 0 Å². The molecule has 0 spiro atoms. The van der Waals surface area contributed by atoms with Crippen molar-refractivity contribution < 1.29 is 4.39 Å². The molecule has 3 N–H and O–H groups in total. The molecule has 0 unspecified atom stereocenters. The minimum Gasteiger partial charge on any atom is -0.383 e. The van der Waals surface area contributed by atoms with Crippen LogP contribution in [0.25, 0.3) is 0 Å². The topological polar surface area (TPSA) is 87.6 Å². The maximum Gasteiger partial charge on any atom is 0.150 e. The molecule has 0 radical (unpaired) electrons. The van der Waals surface area contributed by atoms with Gasteiger partial charge in [0.05, 0.1) is 5.56 Å². The Bertz CT molecular complexity index is 638. The van der Waals surface area contributed by atoms with E-state index in [0.717, 1.165) is 0 Å². The number of nitrogen functional groups attached to an aromatic ring is 1. The van der Waals surface area contributed by atoms with Crippen molar-refractivity contribution >= 4 is 33.3 Å². The van der Waals surface area contributed by atoms with E-state index in [1.54, 1.807) is 6.07 Å². The Morgan fingerprint density at radius 1 is 1.39 bits per heavy atom. The minimum atomic E-state index is -0.565. The number of anilines is 3. The molecule has 1 heterocycles. The lowest BCUT2D eigenvalue weighted by Gasteiger charge is -2.08. The van der Waals surface area contributed by atoms with E-state index in [9.17, 15) is 4.39 Å². The molecule has 18 heavy (non-hydrogen) atoms. The summed E-state index contributed by atoms with van der Waals surface area (Å²) < 4.78 is 13.7. The highest BCUT2D eigenvalue weighted by atomic mass is 79.9. The average Bonchev–Trinajstić information content (AvgIpc) is 2.37. The van der Waals surface area contributed by atoms with Crippen molar-refractivity contribution in [3.8, 4) is 6.07 Å². The molecule has 0 aliphatic rings. The van der Waals surface area contributed by atoms with Crippen LogP contribution in [0.5, 0.6) is 0 Å². The van der Waals surface area contributed by atoms with Crippen LogP contribution >= 0.6 is 15.9 Å². The third kappa shape index (κ3) is 2.38. The molecule has 0 bridgehead atoms. The van der Waals surface area contributed by atoms with E-state index in [1.807, 2.05) is 0 Å². The van der Waals surface area contributed by atoms with Crippen LogP contribution in [0.3, 0.4) is 0 Å². The second-order valence-corrected chi connectivity index (χ2v) is 4.15. The Kier molecular flexibility index (Phi) is 3.39. The van der Waals surface area contributed by atoms with Crippen LogP contribution in [-0.2, 0) is 0 Å². The molecule has 0 fully saturated rings. The van der Waals surface area contributed by atoms with Crippen LogP contribution < -0.4 is 11.1 Å². The number of benzene rings is 1. The Labute approximate surface area is 111 Å². The molecule has 1 aromatic heterocycles. The highest BCUT2D eigenvalue weighted by molar-refractivity contribution is 9.10. The molecule has 0 aliphatic heterocycles. The SMILES string of the molecule is N#Cc1cc(Nc2ncnc(N)c2Br)ccc1F. The summed E-state index contributed by atoms with van der Waals surface area (Å²) in [6.45, 7) is 0. The summed E-state index contributed by atoms with van der Waals surface area (Å²) in [6, 6.07) is 5.86. The summed E-state index contributed by atoms with van der Waals surface area (Å²) in [5.41, 5.74) is 6.09. The standard InChI is InChI=1S/C11H7BrFN5/c12-9-10(15)16-5-17-11(9)18-7-1-2-8(13)6(3-7)4-14/h1-3,5H,(H3,15,16,17,18). The summed E-state index contributed by atoms with van der Waals surface area (Å²) in [7, 11) is 0. The maximum absolute atomic E-state index is 13.1. The van der Waals surface area contributed by atoms with Crippen LogP contribution in [0.4, 0.5) is 21.7 Å². The van der Waals surface area contributed by atoms with E-state index < -0.39 is 5.82 Å². The van der Waals surface area contributed by atoms with E-state index in [0.29, 0.717) is 16.0 Å². The molecule has 2 aromatic rings. The second kappa shape index (κ2) is 4.98. The van der Waals surface area contributed by atoms with E-state index >= 15 is 0 Å². The number of hydrogen-bond acceptors (Lipinski definition) is 5. The molecule has 90 valence electrons. The van der Waals surface area contributed by atoms with Crippen molar-refractivity contribution in [2.75, 3.05) is 11.1 Å². The van der Waals surface area contributed by atoms with Crippen molar-refractivity contribution in [3.05, 3.63) is 40.4 Å². The second-order valence-electron chi connectivity index (χ2n) is 3.35. The van der Waals surface area contributed by atoms with E-state index in [4.69, 9.17) is 11.0 Å². The summed E-state index contributed by atoms with van der Waals surface area (Å²) >= 11 is 3.24. The predicted octanol–water partition coefficient (Wildman–Crippen LogP) is 2.58. The maximum atomic E-state index is 13.1. The molecular formula is C11H7BrFN5. The Balaban J connectivity index is 2.35. The van der Waals surface area contributed by atoms with Gasteiger partial charge in [-0.25, -0.2) is 14.4 Å². The van der Waals surface area contributed by atoms with Gasteiger partial charge in [0.15, 0.2) is 0 Å². The highest BCUT2D eigenvalue weighted by Gasteiger charge is 2.08. The van der Waals surface area contributed by atoms with Gasteiger partial charge >= 0.3 is 0 Å². The summed E-state index contributed by atoms with van der Waals surface area (Å²) in [5, 5.41) is 11.7. The van der Waals surface area contributed by atoms with Gasteiger partial charge in [0.2, 0.25) is 0 Å². The Morgan fingerprint density at radius 3 is 2.89 bits per heavy atom. The van der Waals surface area contributed by atoms with Crippen LogP contribution in [0.2, 0.25) is 0 Å². The normalized spacial score (nSPS) is 9.83. The lowest BCUT2D eigenvalue weighted by atomic mass is 10.2. The quantitative estimate of drug-likeness (QED) is 0.890. The first-order chi connectivity index (χ1) is 8.61. The fourth-order valence-corrected chi connectivity index (χ4v) is 1.60. The van der Waals surface area contributed by atoms with Gasteiger partial charge in [-0.2, -0.15) is 5.26 Å². The molecule has 0 saturated carbocycles. The van der Waals surface area contributed by atoms with Gasteiger partial charge in [0.25, 0.3) is 0 Å². The van der Waals surface area contributed by atoms with Crippen molar-refractivity contribution in [3.63, 3.8) is 0 Å². The molecule has 0 amide bonds. The molecule has 0 saturated heterocycles. The fraction of sp³-hybridized carbons (Fsp3) is 0. The van der Waals surface area contributed by atoms with E-state index in [1.165, 1.54) is 24.5 Å². The van der Waals surface area contributed by atoms with Crippen molar-refractivity contribution in [1.29, 1.82) is 5.26 Å². The van der Waals surface area contributed by atoms with Gasteiger partial charge in [0, 0.05) is 5.69 Å². The first kappa shape index (κ1) is 12.3. The zero-order valence-electron chi connectivity index (χ0n) is 8.98. The van der Waals surface area contributed by atoms with Gasteiger partial charge in [-0.1, -0.05) is 0 Å². The molecule has 2 rings (SSSR count). The number of halogens is 2. The van der Waals surface area contributed by atoms with Crippen molar-refractivity contribution in [2.24, 2.45) is 0 Å². The largest absolute Gasteiger partial charge is 0.383 e. The lowest BCUT2D eigenvalue weighted by Crippen LogP contribution is -2.00. The van der Waals surface area contributed by atoms with Crippen LogP contribution in [0.15, 0.2) is 29.0 Å². The first-order valence-electron chi connectivity index (χ1n) is 4.84. The average molecular weight is 308 g/mol. The number of rotatable bonds is 2. The number of nitrogens with zero attached hydrogens (tertiary/aromatic N) is 3. The van der Waals surface area contributed by atoms with E-state index in [2.05, 4.69) is 31.2 Å². The highest BCUT2D eigenvalue weighted by Crippen LogP contribution is 2.27. The van der Waals surface area contributed by atoms with Gasteiger partial charge in [0.1, 0.15) is 34.3 Å². The Morgan fingerprint density at radius 2 is 2.17 bits per heavy atom. The predicted molar refractivity (Wildman–Crippen MR) is 68.5 cm³/mol. The smallest absolute Gasteiger partial charge is 0.150 e. The molecule has 0 aliphatic carbocycles. The van der Waals surface area contributed by atoms with Gasteiger partial charge in [-0.05, 0) is 34.1 Å². The number of nitriles is 1. The molecule has 1 aromatic carbocycles.